The molecule has 2 N–H and O–H groups in total. The minimum Gasteiger partial charge on any atom is -0.465 e. The van der Waals surface area contributed by atoms with Gasteiger partial charge in [-0.05, 0) is 30.2 Å². The Morgan fingerprint density at radius 2 is 1.88 bits per heavy atom. The first kappa shape index (κ1) is 23.7. The molecule has 0 saturated heterocycles. The third kappa shape index (κ3) is 5.27. The molecule has 10 heteroatoms. The number of carbonyl (C=O) groups is 2. The van der Waals surface area contributed by atoms with Gasteiger partial charge in [0.25, 0.3) is 5.69 Å². The first-order valence-corrected chi connectivity index (χ1v) is 11.0. The number of nitro benzene ring substituents is 1. The van der Waals surface area contributed by atoms with Gasteiger partial charge in [-0.2, -0.15) is 5.26 Å². The summed E-state index contributed by atoms with van der Waals surface area (Å²) in [5.41, 5.74) is 6.86. The molecule has 2 unspecified atom stereocenters. The number of primary amides is 1. The molecule has 1 aliphatic heterocycles. The summed E-state index contributed by atoms with van der Waals surface area (Å²) in [5, 5.41) is 21.3. The van der Waals surface area contributed by atoms with E-state index >= 15 is 0 Å². The number of nitrogens with zero attached hydrogens (tertiary/aromatic N) is 3. The summed E-state index contributed by atoms with van der Waals surface area (Å²) in [6.45, 7) is 1.80. The average Bonchev–Trinajstić information content (AvgIpc) is 2.82. The molecular weight excluding hydrogens is 444 g/mol. The van der Waals surface area contributed by atoms with Crippen LogP contribution in [0.2, 0.25) is 0 Å². The van der Waals surface area contributed by atoms with E-state index in [0.717, 1.165) is 11.8 Å². The number of carbonyl (C=O) groups excluding carboxylic acids is 2. The van der Waals surface area contributed by atoms with E-state index in [1.165, 1.54) is 24.3 Å². The van der Waals surface area contributed by atoms with Crippen molar-refractivity contribution in [3.63, 3.8) is 0 Å². The number of esters is 1. The van der Waals surface area contributed by atoms with E-state index in [2.05, 4.69) is 11.1 Å². The Balaban J connectivity index is 2.24. The number of aliphatic imine (C=N–C) groups is 1. The van der Waals surface area contributed by atoms with Gasteiger partial charge in [0.15, 0.2) is 0 Å². The summed E-state index contributed by atoms with van der Waals surface area (Å²) in [7, 11) is 0. The molecule has 33 heavy (non-hydrogen) atoms. The summed E-state index contributed by atoms with van der Waals surface area (Å²) in [5.74, 6) is -2.96. The molecule has 1 heterocycles. The van der Waals surface area contributed by atoms with Crippen molar-refractivity contribution in [1.29, 1.82) is 5.26 Å². The number of allylic oxidation sites excluding steroid dienone is 1. The van der Waals surface area contributed by atoms with Gasteiger partial charge >= 0.3 is 5.97 Å². The average molecular weight is 465 g/mol. The number of nitrogens with two attached hydrogens (primary N) is 1. The standard InChI is InChI=1S/C23H20N4O5S/c1-2-32-23(29)20-19(14-6-4-3-5-7-14)17(12-24)22(33-13-18(25)28)26-21(20)15-8-10-16(11-9-15)27(30)31/h3-11,19-20H,2,13H2,1H3,(H2,25,28). The van der Waals surface area contributed by atoms with Crippen LogP contribution in [0.1, 0.15) is 24.0 Å². The minimum absolute atomic E-state index is 0.108. The van der Waals surface area contributed by atoms with Crippen molar-refractivity contribution in [2.24, 2.45) is 16.6 Å². The fourth-order valence-corrected chi connectivity index (χ4v) is 4.33. The maximum atomic E-state index is 13.2. The Morgan fingerprint density at radius 3 is 2.42 bits per heavy atom. The maximum Gasteiger partial charge on any atom is 0.316 e. The second kappa shape index (κ2) is 10.6. The Bertz CT molecular complexity index is 1170. The number of ether oxygens (including phenoxy) is 1. The Labute approximate surface area is 194 Å². The molecule has 0 aromatic heterocycles. The van der Waals surface area contributed by atoms with Crippen LogP contribution in [-0.4, -0.2) is 34.9 Å². The molecule has 0 saturated carbocycles. The molecule has 168 valence electrons. The fraction of sp³-hybridized carbons (Fsp3) is 0.217. The molecule has 2 aromatic rings. The topological polar surface area (TPSA) is 149 Å². The zero-order valence-corrected chi connectivity index (χ0v) is 18.5. The molecule has 2 atom stereocenters. The van der Waals surface area contributed by atoms with Crippen molar-refractivity contribution in [3.05, 3.63) is 86.4 Å². The SMILES string of the molecule is CCOC(=O)C1C(c2ccc([N+](=O)[O-])cc2)=NC(SCC(N)=O)=C(C#N)C1c1ccccc1. The van der Waals surface area contributed by atoms with Gasteiger partial charge in [0.2, 0.25) is 5.91 Å². The number of amides is 1. The second-order valence-corrected chi connectivity index (χ2v) is 7.97. The number of non-ortho nitro benzene ring substituents is 1. The second-order valence-electron chi connectivity index (χ2n) is 7.00. The van der Waals surface area contributed by atoms with Crippen LogP contribution in [0, 0.1) is 27.4 Å². The van der Waals surface area contributed by atoms with E-state index in [1.54, 1.807) is 31.2 Å². The van der Waals surface area contributed by atoms with Crippen LogP contribution in [0.4, 0.5) is 5.69 Å². The molecule has 2 aromatic carbocycles. The van der Waals surface area contributed by atoms with E-state index in [9.17, 15) is 25.0 Å². The van der Waals surface area contributed by atoms with Crippen molar-refractivity contribution in [1.82, 2.24) is 0 Å². The summed E-state index contributed by atoms with van der Waals surface area (Å²) >= 11 is 1.00. The van der Waals surface area contributed by atoms with Crippen molar-refractivity contribution >= 4 is 35.0 Å². The number of benzene rings is 2. The lowest BCUT2D eigenvalue weighted by Gasteiger charge is -2.31. The van der Waals surface area contributed by atoms with Gasteiger partial charge < -0.3 is 10.5 Å². The van der Waals surface area contributed by atoms with Crippen LogP contribution in [0.25, 0.3) is 0 Å². The first-order chi connectivity index (χ1) is 15.9. The zero-order chi connectivity index (χ0) is 24.0. The normalized spacial score (nSPS) is 17.6. The third-order valence-electron chi connectivity index (χ3n) is 4.94. The molecule has 1 aliphatic rings. The maximum absolute atomic E-state index is 13.2. The number of rotatable bonds is 8. The molecule has 0 spiro atoms. The molecule has 9 nitrogen and oxygen atoms in total. The van der Waals surface area contributed by atoms with Crippen LogP contribution >= 0.6 is 11.8 Å². The predicted molar refractivity (Wildman–Crippen MR) is 123 cm³/mol. The van der Waals surface area contributed by atoms with Crippen molar-refractivity contribution < 1.29 is 19.2 Å². The van der Waals surface area contributed by atoms with Gasteiger partial charge in [0, 0.05) is 18.1 Å². The van der Waals surface area contributed by atoms with Gasteiger partial charge in [-0.1, -0.05) is 42.1 Å². The van der Waals surface area contributed by atoms with Gasteiger partial charge in [0.1, 0.15) is 10.9 Å². The van der Waals surface area contributed by atoms with Crippen LogP contribution in [0.5, 0.6) is 0 Å². The first-order valence-electron chi connectivity index (χ1n) is 9.97. The molecule has 3 rings (SSSR count). The Morgan fingerprint density at radius 1 is 1.21 bits per heavy atom. The van der Waals surface area contributed by atoms with E-state index in [4.69, 9.17) is 10.5 Å². The van der Waals surface area contributed by atoms with E-state index in [-0.39, 0.29) is 28.6 Å². The minimum atomic E-state index is -0.971. The van der Waals surface area contributed by atoms with Gasteiger partial charge in [-0.25, -0.2) is 4.99 Å². The zero-order valence-electron chi connectivity index (χ0n) is 17.6. The fourth-order valence-electron chi connectivity index (χ4n) is 3.56. The summed E-state index contributed by atoms with van der Waals surface area (Å²) in [4.78, 5) is 39.7. The van der Waals surface area contributed by atoms with E-state index < -0.39 is 28.6 Å². The molecule has 0 aliphatic carbocycles. The number of nitro groups is 1. The highest BCUT2D eigenvalue weighted by Crippen LogP contribution is 2.43. The number of hydrogen-bond acceptors (Lipinski definition) is 8. The van der Waals surface area contributed by atoms with Crippen molar-refractivity contribution in [3.8, 4) is 6.07 Å². The van der Waals surface area contributed by atoms with Gasteiger partial charge in [-0.15, -0.1) is 0 Å². The summed E-state index contributed by atoms with van der Waals surface area (Å²) < 4.78 is 5.33. The molecular formula is C23H20N4O5S. The summed E-state index contributed by atoms with van der Waals surface area (Å²) in [6, 6.07) is 16.8. The number of hydrogen-bond donors (Lipinski definition) is 1. The highest BCUT2D eigenvalue weighted by molar-refractivity contribution is 8.03. The highest BCUT2D eigenvalue weighted by Gasteiger charge is 2.42. The molecule has 0 radical (unpaired) electrons. The van der Waals surface area contributed by atoms with Crippen LogP contribution in [-0.2, 0) is 14.3 Å². The lowest BCUT2D eigenvalue weighted by molar-refractivity contribution is -0.384. The highest BCUT2D eigenvalue weighted by atomic mass is 32.2. The largest absolute Gasteiger partial charge is 0.465 e. The lowest BCUT2D eigenvalue weighted by atomic mass is 9.75. The van der Waals surface area contributed by atoms with Gasteiger partial charge in [-0.3, -0.25) is 19.7 Å². The number of thioether (sulfide) groups is 1. The Kier molecular flexibility index (Phi) is 7.58. The number of nitriles is 1. The molecule has 0 fully saturated rings. The monoisotopic (exact) mass is 464 g/mol. The van der Waals surface area contributed by atoms with Crippen LogP contribution in [0.15, 0.2) is 70.2 Å². The smallest absolute Gasteiger partial charge is 0.316 e. The lowest BCUT2D eigenvalue weighted by Crippen LogP contribution is -2.36. The van der Waals surface area contributed by atoms with Gasteiger partial charge in [0.05, 0.1) is 34.6 Å². The Hall–Kier alpha value is -3.97. The van der Waals surface area contributed by atoms with Crippen LogP contribution in [0.3, 0.4) is 0 Å². The summed E-state index contributed by atoms with van der Waals surface area (Å²) in [6.07, 6.45) is 0. The third-order valence-corrected chi connectivity index (χ3v) is 5.95. The van der Waals surface area contributed by atoms with Crippen molar-refractivity contribution in [2.75, 3.05) is 12.4 Å². The van der Waals surface area contributed by atoms with Crippen molar-refractivity contribution in [2.45, 2.75) is 12.8 Å². The van der Waals surface area contributed by atoms with E-state index in [0.29, 0.717) is 16.8 Å². The van der Waals surface area contributed by atoms with E-state index in [1.807, 2.05) is 6.07 Å². The van der Waals surface area contributed by atoms with Crippen LogP contribution < -0.4 is 5.73 Å². The molecule has 1 amide bonds. The molecule has 0 bridgehead atoms. The predicted octanol–water partition coefficient (Wildman–Crippen LogP) is 3.31. The quantitative estimate of drug-likeness (QED) is 0.358.